The summed E-state index contributed by atoms with van der Waals surface area (Å²) in [6.45, 7) is 3.70. The lowest BCUT2D eigenvalue weighted by molar-refractivity contribution is 0.481. The van der Waals surface area contributed by atoms with Gasteiger partial charge in [-0.3, -0.25) is 0 Å². The number of benzene rings is 1. The zero-order chi connectivity index (χ0) is 21.0. The van der Waals surface area contributed by atoms with Crippen molar-refractivity contribution in [3.8, 4) is 11.5 Å². The molecule has 0 bridgehead atoms. The Morgan fingerprint density at radius 3 is 2.65 bits per heavy atom. The molecule has 0 unspecified atom stereocenters. The van der Waals surface area contributed by atoms with E-state index in [-0.39, 0.29) is 0 Å². The first kappa shape index (κ1) is 19.5. The summed E-state index contributed by atoms with van der Waals surface area (Å²) in [6.07, 6.45) is 3.09. The number of para-hydroxylation sites is 1. The SMILES string of the molecule is Clc1cc(Nc2ncnc3ccc(N4CCNCC4)nc23)ncc1Oc1ccccc1. The van der Waals surface area contributed by atoms with Crippen LogP contribution in [0.15, 0.2) is 61.1 Å². The second kappa shape index (κ2) is 8.71. The molecule has 4 heterocycles. The molecule has 1 aliphatic heterocycles. The predicted molar refractivity (Wildman–Crippen MR) is 121 cm³/mol. The zero-order valence-electron chi connectivity index (χ0n) is 16.6. The molecule has 0 radical (unpaired) electrons. The van der Waals surface area contributed by atoms with E-state index >= 15 is 0 Å². The molecule has 1 saturated heterocycles. The van der Waals surface area contributed by atoms with Gasteiger partial charge < -0.3 is 20.3 Å². The fourth-order valence-electron chi connectivity index (χ4n) is 3.39. The first-order valence-corrected chi connectivity index (χ1v) is 10.4. The molecular formula is C22H20ClN7O. The van der Waals surface area contributed by atoms with Gasteiger partial charge in [-0.05, 0) is 24.3 Å². The molecule has 1 aliphatic rings. The van der Waals surface area contributed by atoms with Gasteiger partial charge in [0.05, 0.1) is 16.7 Å². The number of hydrogen-bond acceptors (Lipinski definition) is 8. The Kier molecular flexibility index (Phi) is 5.47. The topological polar surface area (TPSA) is 88.1 Å². The molecule has 156 valence electrons. The van der Waals surface area contributed by atoms with Crippen molar-refractivity contribution in [1.82, 2.24) is 25.3 Å². The number of nitrogens with one attached hydrogen (secondary N) is 2. The summed E-state index contributed by atoms with van der Waals surface area (Å²) in [7, 11) is 0. The van der Waals surface area contributed by atoms with E-state index in [1.807, 2.05) is 42.5 Å². The third kappa shape index (κ3) is 4.35. The zero-order valence-corrected chi connectivity index (χ0v) is 17.4. The number of nitrogens with zero attached hydrogens (tertiary/aromatic N) is 5. The molecule has 1 fully saturated rings. The number of aromatic nitrogens is 4. The molecule has 3 aromatic heterocycles. The van der Waals surface area contributed by atoms with Gasteiger partial charge in [-0.25, -0.2) is 19.9 Å². The van der Waals surface area contributed by atoms with Crippen LogP contribution in [0.1, 0.15) is 0 Å². The fraction of sp³-hybridized carbons (Fsp3) is 0.182. The van der Waals surface area contributed by atoms with Crippen molar-refractivity contribution in [2.45, 2.75) is 0 Å². The van der Waals surface area contributed by atoms with Crippen molar-refractivity contribution in [2.75, 3.05) is 36.4 Å². The molecule has 8 nitrogen and oxygen atoms in total. The highest BCUT2D eigenvalue weighted by Gasteiger charge is 2.15. The van der Waals surface area contributed by atoms with Crippen LogP contribution in [-0.2, 0) is 0 Å². The van der Waals surface area contributed by atoms with Crippen LogP contribution in [0.5, 0.6) is 11.5 Å². The number of rotatable bonds is 5. The minimum absolute atomic E-state index is 0.439. The molecule has 31 heavy (non-hydrogen) atoms. The third-order valence-corrected chi connectivity index (χ3v) is 5.24. The predicted octanol–water partition coefficient (Wildman–Crippen LogP) is 4.02. The highest BCUT2D eigenvalue weighted by atomic mass is 35.5. The van der Waals surface area contributed by atoms with Crippen molar-refractivity contribution in [3.63, 3.8) is 0 Å². The van der Waals surface area contributed by atoms with Crippen LogP contribution < -0.4 is 20.3 Å². The lowest BCUT2D eigenvalue weighted by Gasteiger charge is -2.28. The summed E-state index contributed by atoms with van der Waals surface area (Å²) in [5.74, 6) is 3.19. The molecular weight excluding hydrogens is 414 g/mol. The average molecular weight is 434 g/mol. The monoisotopic (exact) mass is 433 g/mol. The van der Waals surface area contributed by atoms with Crippen molar-refractivity contribution in [1.29, 1.82) is 0 Å². The van der Waals surface area contributed by atoms with E-state index in [2.05, 4.69) is 30.5 Å². The molecule has 0 atom stereocenters. The Hall–Kier alpha value is -3.49. The Bertz CT molecular complexity index is 1200. The summed E-state index contributed by atoms with van der Waals surface area (Å²) >= 11 is 6.42. The van der Waals surface area contributed by atoms with Crippen LogP contribution in [-0.4, -0.2) is 46.1 Å². The maximum atomic E-state index is 6.42. The van der Waals surface area contributed by atoms with Crippen molar-refractivity contribution < 1.29 is 4.74 Å². The minimum atomic E-state index is 0.439. The number of fused-ring (bicyclic) bond motifs is 1. The van der Waals surface area contributed by atoms with Gasteiger partial charge in [0.25, 0.3) is 0 Å². The molecule has 4 aromatic rings. The summed E-state index contributed by atoms with van der Waals surface area (Å²) in [5.41, 5.74) is 1.44. The highest BCUT2D eigenvalue weighted by molar-refractivity contribution is 6.32. The second-order valence-electron chi connectivity index (χ2n) is 7.04. The number of piperazine rings is 1. The van der Waals surface area contributed by atoms with Crippen molar-refractivity contribution in [2.24, 2.45) is 0 Å². The van der Waals surface area contributed by atoms with E-state index in [4.69, 9.17) is 21.3 Å². The number of pyridine rings is 2. The van der Waals surface area contributed by atoms with Crippen LogP contribution >= 0.6 is 11.6 Å². The summed E-state index contributed by atoms with van der Waals surface area (Å²) in [5, 5.41) is 7.01. The van der Waals surface area contributed by atoms with E-state index in [0.717, 1.165) is 37.5 Å². The van der Waals surface area contributed by atoms with Gasteiger partial charge in [0.15, 0.2) is 11.6 Å². The van der Waals surface area contributed by atoms with Crippen molar-refractivity contribution in [3.05, 3.63) is 66.1 Å². The molecule has 5 rings (SSSR count). The van der Waals surface area contributed by atoms with Gasteiger partial charge in [-0.1, -0.05) is 29.8 Å². The summed E-state index contributed by atoms with van der Waals surface area (Å²) in [6, 6.07) is 15.1. The van der Waals surface area contributed by atoms with E-state index in [1.54, 1.807) is 12.3 Å². The molecule has 2 N–H and O–H groups in total. The maximum Gasteiger partial charge on any atom is 0.164 e. The first-order valence-electron chi connectivity index (χ1n) is 9.99. The quantitative estimate of drug-likeness (QED) is 0.488. The number of ether oxygens (including phenoxy) is 1. The first-order chi connectivity index (χ1) is 15.3. The van der Waals surface area contributed by atoms with E-state index in [9.17, 15) is 0 Å². The van der Waals surface area contributed by atoms with Crippen molar-refractivity contribution >= 4 is 40.1 Å². The normalized spacial score (nSPS) is 13.9. The molecule has 0 amide bonds. The van der Waals surface area contributed by atoms with Gasteiger partial charge in [0, 0.05) is 32.2 Å². The lowest BCUT2D eigenvalue weighted by Crippen LogP contribution is -2.43. The molecule has 0 aliphatic carbocycles. The van der Waals surface area contributed by atoms with Gasteiger partial charge in [0.1, 0.15) is 29.2 Å². The Morgan fingerprint density at radius 2 is 1.84 bits per heavy atom. The summed E-state index contributed by atoms with van der Waals surface area (Å²) in [4.78, 5) is 20.2. The van der Waals surface area contributed by atoms with Gasteiger partial charge in [-0.2, -0.15) is 0 Å². The Labute approximate surface area is 184 Å². The van der Waals surface area contributed by atoms with E-state index in [1.165, 1.54) is 6.33 Å². The third-order valence-electron chi connectivity index (χ3n) is 4.95. The highest BCUT2D eigenvalue weighted by Crippen LogP contribution is 2.31. The van der Waals surface area contributed by atoms with Crippen LogP contribution in [0, 0.1) is 0 Å². The van der Waals surface area contributed by atoms with Crippen LogP contribution in [0.3, 0.4) is 0 Å². The standard InChI is InChI=1S/C22H20ClN7O/c23-16-12-19(25-13-18(16)31-15-4-2-1-3-5-15)28-22-21-17(26-14-27-22)6-7-20(29-21)30-10-8-24-9-11-30/h1-7,12-14,24H,8-11H2,(H,25,26,27,28). The number of anilines is 3. The molecule has 0 spiro atoms. The summed E-state index contributed by atoms with van der Waals surface area (Å²) < 4.78 is 5.80. The average Bonchev–Trinajstić information content (AvgIpc) is 2.82. The smallest absolute Gasteiger partial charge is 0.164 e. The van der Waals surface area contributed by atoms with Crippen LogP contribution in [0.25, 0.3) is 11.0 Å². The van der Waals surface area contributed by atoms with Crippen LogP contribution in [0.4, 0.5) is 17.5 Å². The van der Waals surface area contributed by atoms with E-state index in [0.29, 0.717) is 33.7 Å². The lowest BCUT2D eigenvalue weighted by atomic mass is 10.3. The maximum absolute atomic E-state index is 6.42. The molecule has 0 saturated carbocycles. The Morgan fingerprint density at radius 1 is 1.00 bits per heavy atom. The Balaban J connectivity index is 1.41. The fourth-order valence-corrected chi connectivity index (χ4v) is 3.58. The largest absolute Gasteiger partial charge is 0.454 e. The van der Waals surface area contributed by atoms with Gasteiger partial charge in [-0.15, -0.1) is 0 Å². The molecule has 1 aromatic carbocycles. The second-order valence-corrected chi connectivity index (χ2v) is 7.44. The number of halogens is 1. The minimum Gasteiger partial charge on any atom is -0.454 e. The van der Waals surface area contributed by atoms with Gasteiger partial charge >= 0.3 is 0 Å². The van der Waals surface area contributed by atoms with Crippen LogP contribution in [0.2, 0.25) is 5.02 Å². The number of hydrogen-bond donors (Lipinski definition) is 2. The molecule has 9 heteroatoms. The van der Waals surface area contributed by atoms with Gasteiger partial charge in [0.2, 0.25) is 0 Å². The van der Waals surface area contributed by atoms with E-state index < -0.39 is 0 Å².